The summed E-state index contributed by atoms with van der Waals surface area (Å²) in [6, 6.07) is 0.873. The van der Waals surface area contributed by atoms with E-state index < -0.39 is 17.8 Å². The molecule has 0 radical (unpaired) electrons. The largest absolute Gasteiger partial charge is 0.493 e. The van der Waals surface area contributed by atoms with Crippen molar-refractivity contribution in [2.75, 3.05) is 7.11 Å². The summed E-state index contributed by atoms with van der Waals surface area (Å²) in [5, 5.41) is 8.92. The maximum atomic E-state index is 13.4. The summed E-state index contributed by atoms with van der Waals surface area (Å²) in [4.78, 5) is 10.9. The molecule has 0 aliphatic heterocycles. The van der Waals surface area contributed by atoms with E-state index in [4.69, 9.17) is 20.3 Å². The minimum Gasteiger partial charge on any atom is -0.493 e. The van der Waals surface area contributed by atoms with Crippen LogP contribution >= 0.6 is 0 Å². The first kappa shape index (κ1) is 12.6. The summed E-state index contributed by atoms with van der Waals surface area (Å²) < 4.78 is 24.0. The van der Waals surface area contributed by atoms with Crippen LogP contribution in [0.25, 0.3) is 0 Å². The lowest BCUT2D eigenvalue weighted by atomic mass is 10.1. The van der Waals surface area contributed by atoms with Crippen LogP contribution in [0.1, 0.15) is 24.4 Å². The van der Waals surface area contributed by atoms with Gasteiger partial charge in [-0.15, -0.1) is 0 Å². The van der Waals surface area contributed by atoms with Crippen molar-refractivity contribution in [1.82, 2.24) is 0 Å². The first-order valence-corrected chi connectivity index (χ1v) is 5.55. The predicted molar refractivity (Wildman–Crippen MR) is 61.2 cm³/mol. The number of rotatable bonds is 5. The molecule has 18 heavy (non-hydrogen) atoms. The van der Waals surface area contributed by atoms with Crippen LogP contribution in [0, 0.1) is 5.82 Å². The van der Waals surface area contributed by atoms with Crippen LogP contribution in [0.3, 0.4) is 0 Å². The van der Waals surface area contributed by atoms with Gasteiger partial charge in [-0.25, -0.2) is 4.39 Å². The Morgan fingerprint density at radius 3 is 2.72 bits per heavy atom. The van der Waals surface area contributed by atoms with Gasteiger partial charge in [0.05, 0.1) is 13.2 Å². The molecule has 1 aliphatic rings. The fourth-order valence-electron chi connectivity index (χ4n) is 1.58. The first-order valence-electron chi connectivity index (χ1n) is 5.55. The van der Waals surface area contributed by atoms with Crippen LogP contribution in [0.2, 0.25) is 0 Å². The molecule has 0 spiro atoms. The molecule has 0 aromatic heterocycles. The van der Waals surface area contributed by atoms with Crippen LogP contribution < -0.4 is 15.2 Å². The monoisotopic (exact) mass is 255 g/mol. The number of ether oxygens (including phenoxy) is 2. The van der Waals surface area contributed by atoms with Crippen LogP contribution in [0.15, 0.2) is 12.1 Å². The van der Waals surface area contributed by atoms with Gasteiger partial charge in [0.25, 0.3) is 0 Å². The molecule has 1 saturated carbocycles. The molecule has 5 nitrogen and oxygen atoms in total. The third kappa shape index (κ3) is 2.53. The van der Waals surface area contributed by atoms with E-state index in [1.165, 1.54) is 7.11 Å². The average molecular weight is 255 g/mol. The van der Waals surface area contributed by atoms with Crippen LogP contribution in [0.4, 0.5) is 4.39 Å². The highest BCUT2D eigenvalue weighted by Gasteiger charge is 2.29. The summed E-state index contributed by atoms with van der Waals surface area (Å²) in [6.07, 6.45) is 1.81. The van der Waals surface area contributed by atoms with Gasteiger partial charge < -0.3 is 20.3 Å². The Labute approximate surface area is 103 Å². The zero-order valence-electron chi connectivity index (χ0n) is 9.85. The summed E-state index contributed by atoms with van der Waals surface area (Å²) in [5.41, 5.74) is 5.61. The normalized spacial score (nSPS) is 16.2. The second-order valence-electron chi connectivity index (χ2n) is 4.16. The van der Waals surface area contributed by atoms with E-state index in [0.717, 1.165) is 25.0 Å². The van der Waals surface area contributed by atoms with E-state index in [1.54, 1.807) is 0 Å². The first-order chi connectivity index (χ1) is 8.52. The summed E-state index contributed by atoms with van der Waals surface area (Å²) in [6.45, 7) is 0. The molecular weight excluding hydrogens is 241 g/mol. The number of carboxylic acids is 1. The van der Waals surface area contributed by atoms with Gasteiger partial charge in [0.15, 0.2) is 11.5 Å². The lowest BCUT2D eigenvalue weighted by molar-refractivity contribution is -0.138. The van der Waals surface area contributed by atoms with Crippen molar-refractivity contribution in [2.45, 2.75) is 25.0 Å². The van der Waals surface area contributed by atoms with Gasteiger partial charge >= 0.3 is 5.97 Å². The lowest BCUT2D eigenvalue weighted by Gasteiger charge is -2.17. The summed E-state index contributed by atoms with van der Waals surface area (Å²) in [5.74, 6) is -1.48. The average Bonchev–Trinajstić information content (AvgIpc) is 3.13. The molecule has 0 bridgehead atoms. The van der Waals surface area contributed by atoms with Gasteiger partial charge in [-0.3, -0.25) is 4.79 Å². The molecule has 6 heteroatoms. The predicted octanol–water partition coefficient (Wildman–Crippen LogP) is 1.46. The molecule has 1 fully saturated rings. The van der Waals surface area contributed by atoms with Crippen molar-refractivity contribution in [3.63, 3.8) is 0 Å². The van der Waals surface area contributed by atoms with Gasteiger partial charge in [-0.2, -0.15) is 0 Å². The number of nitrogens with two attached hydrogens (primary N) is 1. The van der Waals surface area contributed by atoms with Crippen LogP contribution in [0.5, 0.6) is 11.5 Å². The number of carbonyl (C=O) groups is 1. The highest BCUT2D eigenvalue weighted by Crippen LogP contribution is 2.39. The van der Waals surface area contributed by atoms with E-state index >= 15 is 0 Å². The molecule has 1 aromatic carbocycles. The van der Waals surface area contributed by atoms with E-state index in [-0.39, 0.29) is 23.2 Å². The second-order valence-corrected chi connectivity index (χ2v) is 4.16. The van der Waals surface area contributed by atoms with E-state index in [1.807, 2.05) is 0 Å². The van der Waals surface area contributed by atoms with Gasteiger partial charge in [-0.05, 0) is 18.9 Å². The standard InChI is InChI=1S/C12H14FNO4/c1-17-9-5-6(13)4-8(10(14)12(15)16)11(9)18-7-2-3-7/h4-5,7,10H,2-3,14H2,1H3,(H,15,16). The third-order valence-electron chi connectivity index (χ3n) is 2.68. The number of aliphatic carboxylic acids is 1. The molecule has 2 rings (SSSR count). The number of halogens is 1. The highest BCUT2D eigenvalue weighted by atomic mass is 19.1. The minimum absolute atomic E-state index is 0.0316. The Morgan fingerprint density at radius 1 is 1.56 bits per heavy atom. The number of carboxylic acid groups (broad SMARTS) is 1. The Morgan fingerprint density at radius 2 is 2.22 bits per heavy atom. The maximum absolute atomic E-state index is 13.4. The van der Waals surface area contributed by atoms with Crippen LogP contribution in [-0.4, -0.2) is 24.3 Å². The molecule has 0 amide bonds. The minimum atomic E-state index is -1.34. The van der Waals surface area contributed by atoms with Gasteiger partial charge in [0.2, 0.25) is 0 Å². The van der Waals surface area contributed by atoms with Crippen molar-refractivity contribution in [2.24, 2.45) is 5.73 Å². The SMILES string of the molecule is COc1cc(F)cc(C(N)C(=O)O)c1OC1CC1. The van der Waals surface area contributed by atoms with Gasteiger partial charge in [0.1, 0.15) is 11.9 Å². The molecular formula is C12H14FNO4. The third-order valence-corrected chi connectivity index (χ3v) is 2.68. The van der Waals surface area contributed by atoms with Crippen molar-refractivity contribution in [3.8, 4) is 11.5 Å². The van der Waals surface area contributed by atoms with Crippen molar-refractivity contribution < 1.29 is 23.8 Å². The zero-order valence-corrected chi connectivity index (χ0v) is 9.85. The topological polar surface area (TPSA) is 81.8 Å². The number of hydrogen-bond donors (Lipinski definition) is 2. The molecule has 3 N–H and O–H groups in total. The van der Waals surface area contributed by atoms with E-state index in [2.05, 4.69) is 0 Å². The second kappa shape index (κ2) is 4.81. The molecule has 1 aliphatic carbocycles. The lowest BCUT2D eigenvalue weighted by Crippen LogP contribution is -2.22. The van der Waals surface area contributed by atoms with Gasteiger partial charge in [0, 0.05) is 11.6 Å². The molecule has 98 valence electrons. The highest BCUT2D eigenvalue weighted by molar-refractivity contribution is 5.77. The summed E-state index contributed by atoms with van der Waals surface area (Å²) in [7, 11) is 1.37. The molecule has 0 saturated heterocycles. The van der Waals surface area contributed by atoms with Crippen molar-refractivity contribution in [1.29, 1.82) is 0 Å². The molecule has 1 aromatic rings. The Balaban J connectivity index is 2.45. The Kier molecular flexibility index (Phi) is 3.38. The van der Waals surface area contributed by atoms with Crippen molar-refractivity contribution in [3.05, 3.63) is 23.5 Å². The molecule has 1 unspecified atom stereocenters. The molecule has 0 heterocycles. The fourth-order valence-corrected chi connectivity index (χ4v) is 1.58. The van der Waals surface area contributed by atoms with E-state index in [9.17, 15) is 9.18 Å². The fraction of sp³-hybridized carbons (Fsp3) is 0.417. The van der Waals surface area contributed by atoms with Crippen LogP contribution in [-0.2, 0) is 4.79 Å². The maximum Gasteiger partial charge on any atom is 0.325 e. The van der Waals surface area contributed by atoms with Gasteiger partial charge in [-0.1, -0.05) is 0 Å². The molecule has 1 atom stereocenters. The summed E-state index contributed by atoms with van der Waals surface area (Å²) >= 11 is 0. The zero-order chi connectivity index (χ0) is 13.3. The number of methoxy groups -OCH3 is 1. The number of benzene rings is 1. The Hall–Kier alpha value is -1.82. The quantitative estimate of drug-likeness (QED) is 0.832. The van der Waals surface area contributed by atoms with E-state index in [0.29, 0.717) is 0 Å². The smallest absolute Gasteiger partial charge is 0.325 e. The number of hydrogen-bond acceptors (Lipinski definition) is 4. The Bertz CT molecular complexity index is 473. The van der Waals surface area contributed by atoms with Crippen molar-refractivity contribution >= 4 is 5.97 Å².